The second-order valence-electron chi connectivity index (χ2n) is 13.3. The van der Waals surface area contributed by atoms with E-state index in [1.54, 1.807) is 0 Å². The Bertz CT molecular complexity index is 745. The van der Waals surface area contributed by atoms with Gasteiger partial charge in [-0.15, -0.1) is 0 Å². The van der Waals surface area contributed by atoms with E-state index in [0.717, 1.165) is 19.3 Å². The van der Waals surface area contributed by atoms with Crippen LogP contribution < -0.4 is 0 Å². The van der Waals surface area contributed by atoms with E-state index < -0.39 is 20.0 Å². The number of epoxide rings is 1. The van der Waals surface area contributed by atoms with Gasteiger partial charge in [-0.1, -0.05) is 48.9 Å². The van der Waals surface area contributed by atoms with Gasteiger partial charge in [-0.3, -0.25) is 0 Å². The lowest BCUT2D eigenvalue weighted by Gasteiger charge is -2.52. The standard InChI is InChI=1S/C26H47BrO5Si/c1-22(2,3)33(9,10)29-17-26(8)21(31-26)12-11-19-24(6,28)15-14-20(30-19)25(7)16-13-18(27)23(4,5)32-25/h11-12,18-21,28H,13-17H2,1-10H3/b12-11+/t18-,19-,20-,21+,24+,25+,26+/m1/s1. The molecule has 0 aromatic carbocycles. The Morgan fingerprint density at radius 2 is 1.64 bits per heavy atom. The molecule has 3 saturated heterocycles. The molecule has 1 N–H and O–H groups in total. The van der Waals surface area contributed by atoms with Gasteiger partial charge in [-0.05, 0) is 78.4 Å². The molecule has 33 heavy (non-hydrogen) atoms. The minimum absolute atomic E-state index is 0.0170. The fraction of sp³-hybridized carbons (Fsp3) is 0.923. The van der Waals surface area contributed by atoms with E-state index in [4.69, 9.17) is 18.6 Å². The Balaban J connectivity index is 1.63. The monoisotopic (exact) mass is 546 g/mol. The van der Waals surface area contributed by atoms with E-state index in [0.29, 0.717) is 17.9 Å². The number of ether oxygens (including phenoxy) is 3. The van der Waals surface area contributed by atoms with E-state index in [-0.39, 0.29) is 34.0 Å². The molecule has 3 aliphatic rings. The summed E-state index contributed by atoms with van der Waals surface area (Å²) < 4.78 is 25.5. The van der Waals surface area contributed by atoms with E-state index in [9.17, 15) is 5.11 Å². The second kappa shape index (κ2) is 8.96. The van der Waals surface area contributed by atoms with Gasteiger partial charge in [0.05, 0.1) is 29.5 Å². The van der Waals surface area contributed by atoms with Gasteiger partial charge in [0.1, 0.15) is 17.8 Å². The van der Waals surface area contributed by atoms with E-state index in [1.807, 2.05) is 13.0 Å². The molecule has 0 aromatic heterocycles. The fourth-order valence-electron chi connectivity index (χ4n) is 4.72. The Labute approximate surface area is 211 Å². The van der Waals surface area contributed by atoms with Crippen LogP contribution in [0.4, 0.5) is 0 Å². The van der Waals surface area contributed by atoms with Crippen molar-refractivity contribution in [2.75, 3.05) is 6.61 Å². The zero-order chi connectivity index (χ0) is 25.1. The first-order valence-electron chi connectivity index (χ1n) is 12.5. The minimum Gasteiger partial charge on any atom is -0.414 e. The predicted molar refractivity (Wildman–Crippen MR) is 140 cm³/mol. The lowest BCUT2D eigenvalue weighted by Crippen LogP contribution is -2.60. The molecule has 3 heterocycles. The Kier molecular flexibility index (Phi) is 7.56. The van der Waals surface area contributed by atoms with Crippen LogP contribution in [-0.4, -0.2) is 65.6 Å². The molecule has 7 atom stereocenters. The second-order valence-corrected chi connectivity index (χ2v) is 19.2. The number of aliphatic hydroxyl groups is 1. The van der Waals surface area contributed by atoms with Gasteiger partial charge in [0.2, 0.25) is 0 Å². The van der Waals surface area contributed by atoms with Gasteiger partial charge in [-0.25, -0.2) is 0 Å². The molecular formula is C26H47BrO5Si. The van der Waals surface area contributed by atoms with Crippen LogP contribution in [0.1, 0.15) is 81.1 Å². The van der Waals surface area contributed by atoms with Gasteiger partial charge in [0.15, 0.2) is 8.32 Å². The first kappa shape index (κ1) is 27.8. The summed E-state index contributed by atoms with van der Waals surface area (Å²) in [6.07, 6.45) is 7.04. The molecule has 0 aromatic rings. The zero-order valence-corrected chi connectivity index (χ0v) is 25.0. The quantitative estimate of drug-likeness (QED) is 0.188. The summed E-state index contributed by atoms with van der Waals surface area (Å²) in [5.74, 6) is 0. The SMILES string of the molecule is CC1(C)O[C@](C)([C@H]2CC[C@](C)(O)[C@@H](/C=C/[C@@H]3O[C@@]3(C)CO[Si](C)(C)C(C)(C)C)O2)CC[C@H]1Br. The molecule has 0 saturated carbocycles. The predicted octanol–water partition coefficient (Wildman–Crippen LogP) is 6.13. The Morgan fingerprint density at radius 1 is 1.03 bits per heavy atom. The molecule has 3 aliphatic heterocycles. The maximum Gasteiger partial charge on any atom is 0.192 e. The molecule has 5 nitrogen and oxygen atoms in total. The Morgan fingerprint density at radius 3 is 2.21 bits per heavy atom. The van der Waals surface area contributed by atoms with E-state index in [2.05, 4.69) is 83.6 Å². The van der Waals surface area contributed by atoms with Crippen LogP contribution in [0.15, 0.2) is 12.2 Å². The Hall–Kier alpha value is 0.237. The number of alkyl halides is 1. The van der Waals surface area contributed by atoms with Crippen molar-refractivity contribution in [1.82, 2.24) is 0 Å². The van der Waals surface area contributed by atoms with Gasteiger partial charge < -0.3 is 23.7 Å². The fourth-order valence-corrected chi connectivity index (χ4v) is 6.12. The van der Waals surface area contributed by atoms with Crippen LogP contribution in [0.3, 0.4) is 0 Å². The van der Waals surface area contributed by atoms with Crippen LogP contribution in [-0.2, 0) is 18.6 Å². The summed E-state index contributed by atoms with van der Waals surface area (Å²) in [4.78, 5) is 0.332. The van der Waals surface area contributed by atoms with Crippen molar-refractivity contribution in [1.29, 1.82) is 0 Å². The number of hydrogen-bond acceptors (Lipinski definition) is 5. The number of halogens is 1. The van der Waals surface area contributed by atoms with E-state index in [1.165, 1.54) is 0 Å². The number of rotatable bonds is 6. The molecule has 0 unspecified atom stereocenters. The molecule has 0 amide bonds. The number of hydrogen-bond donors (Lipinski definition) is 1. The molecule has 0 spiro atoms. The zero-order valence-electron chi connectivity index (χ0n) is 22.5. The van der Waals surface area contributed by atoms with Crippen molar-refractivity contribution < 1.29 is 23.7 Å². The van der Waals surface area contributed by atoms with Crippen LogP contribution in [0, 0.1) is 0 Å². The van der Waals surface area contributed by atoms with Crippen molar-refractivity contribution in [3.05, 3.63) is 12.2 Å². The summed E-state index contributed by atoms with van der Waals surface area (Å²) in [6.45, 7) is 22.3. The first-order chi connectivity index (χ1) is 14.8. The van der Waals surface area contributed by atoms with Crippen LogP contribution in [0.25, 0.3) is 0 Å². The maximum atomic E-state index is 11.1. The third kappa shape index (κ3) is 5.97. The average molecular weight is 548 g/mol. The molecule has 7 heteroatoms. The topological polar surface area (TPSA) is 60.5 Å². The van der Waals surface area contributed by atoms with Crippen molar-refractivity contribution in [2.24, 2.45) is 0 Å². The summed E-state index contributed by atoms with van der Waals surface area (Å²) in [6, 6.07) is 0. The van der Waals surface area contributed by atoms with E-state index >= 15 is 0 Å². The minimum atomic E-state index is -1.82. The lowest BCUT2D eigenvalue weighted by molar-refractivity contribution is -0.252. The van der Waals surface area contributed by atoms with Crippen molar-refractivity contribution in [3.63, 3.8) is 0 Å². The van der Waals surface area contributed by atoms with Crippen molar-refractivity contribution in [2.45, 2.75) is 145 Å². The van der Waals surface area contributed by atoms with Gasteiger partial charge in [0, 0.05) is 4.83 Å². The van der Waals surface area contributed by atoms with Crippen LogP contribution >= 0.6 is 15.9 Å². The van der Waals surface area contributed by atoms with Crippen molar-refractivity contribution >= 4 is 24.2 Å². The summed E-state index contributed by atoms with van der Waals surface area (Å²) in [7, 11) is -1.82. The third-order valence-electron chi connectivity index (χ3n) is 8.59. The highest BCUT2D eigenvalue weighted by molar-refractivity contribution is 9.09. The summed E-state index contributed by atoms with van der Waals surface area (Å²) in [5, 5.41) is 11.2. The molecule has 0 radical (unpaired) electrons. The average Bonchev–Trinajstić information content (AvgIpc) is 3.31. The lowest BCUT2D eigenvalue weighted by atomic mass is 9.78. The molecule has 3 fully saturated rings. The maximum absolute atomic E-state index is 11.1. The first-order valence-corrected chi connectivity index (χ1v) is 16.4. The van der Waals surface area contributed by atoms with Crippen LogP contribution in [0.5, 0.6) is 0 Å². The largest absolute Gasteiger partial charge is 0.414 e. The third-order valence-corrected chi connectivity index (χ3v) is 14.6. The summed E-state index contributed by atoms with van der Waals surface area (Å²) >= 11 is 3.77. The highest BCUT2D eigenvalue weighted by Gasteiger charge is 2.54. The van der Waals surface area contributed by atoms with Gasteiger partial charge in [0.25, 0.3) is 0 Å². The van der Waals surface area contributed by atoms with Crippen molar-refractivity contribution in [3.8, 4) is 0 Å². The molecule has 192 valence electrons. The van der Waals surface area contributed by atoms with Gasteiger partial charge >= 0.3 is 0 Å². The summed E-state index contributed by atoms with van der Waals surface area (Å²) in [5.41, 5.74) is -1.83. The molecule has 3 rings (SSSR count). The molecular weight excluding hydrogens is 500 g/mol. The normalized spacial score (nSPS) is 44.2. The smallest absolute Gasteiger partial charge is 0.192 e. The highest BCUT2D eigenvalue weighted by atomic mass is 79.9. The molecule has 0 aliphatic carbocycles. The van der Waals surface area contributed by atoms with Crippen LogP contribution in [0.2, 0.25) is 18.1 Å². The highest BCUT2D eigenvalue weighted by Crippen LogP contribution is 2.46. The van der Waals surface area contributed by atoms with Gasteiger partial charge in [-0.2, -0.15) is 0 Å². The molecule has 0 bridgehead atoms.